The number of hydrogen-bond donors (Lipinski definition) is 2. The Labute approximate surface area is 141 Å². The van der Waals surface area contributed by atoms with Crippen LogP contribution in [-0.4, -0.2) is 33.2 Å². The van der Waals surface area contributed by atoms with Crippen molar-refractivity contribution in [1.82, 2.24) is 20.2 Å². The molecule has 0 spiro atoms. The van der Waals surface area contributed by atoms with Gasteiger partial charge in [0.2, 0.25) is 5.95 Å². The number of carbonyl (C=O) groups is 1. The number of fused-ring (bicyclic) bond motifs is 1. The molecule has 0 aliphatic heterocycles. The van der Waals surface area contributed by atoms with E-state index >= 15 is 0 Å². The number of amides is 1. The van der Waals surface area contributed by atoms with E-state index in [1.807, 2.05) is 0 Å². The molecule has 1 amide bonds. The lowest BCUT2D eigenvalue weighted by Crippen LogP contribution is -2.12. The zero-order chi connectivity index (χ0) is 17.2. The van der Waals surface area contributed by atoms with E-state index in [1.165, 1.54) is 6.26 Å². The smallest absolute Gasteiger partial charge is 0.261 e. The third-order valence-corrected chi connectivity index (χ3v) is 3.69. The first-order chi connectivity index (χ1) is 12.2. The minimum Gasteiger partial charge on any atom is -0.497 e. The van der Waals surface area contributed by atoms with Crippen LogP contribution in [0.3, 0.4) is 0 Å². The predicted molar refractivity (Wildman–Crippen MR) is 90.3 cm³/mol. The molecule has 3 heterocycles. The van der Waals surface area contributed by atoms with Gasteiger partial charge in [-0.15, -0.1) is 5.10 Å². The molecule has 25 heavy (non-hydrogen) atoms. The quantitative estimate of drug-likeness (QED) is 0.594. The SMILES string of the molecule is COc1ccc2occ(C(=O)Nc3n[nH]c(-c4ccncc4)n3)c2c1. The number of benzene rings is 1. The summed E-state index contributed by atoms with van der Waals surface area (Å²) in [6.07, 6.45) is 4.71. The normalized spacial score (nSPS) is 10.8. The number of pyridine rings is 1. The van der Waals surface area contributed by atoms with E-state index in [4.69, 9.17) is 9.15 Å². The van der Waals surface area contributed by atoms with E-state index in [0.29, 0.717) is 28.1 Å². The van der Waals surface area contributed by atoms with E-state index in [2.05, 4.69) is 25.5 Å². The number of ether oxygens (including phenoxy) is 1. The minimum atomic E-state index is -0.368. The molecule has 8 heteroatoms. The predicted octanol–water partition coefficient (Wildman–Crippen LogP) is 2.87. The summed E-state index contributed by atoms with van der Waals surface area (Å²) in [5, 5.41) is 10.1. The summed E-state index contributed by atoms with van der Waals surface area (Å²) >= 11 is 0. The lowest BCUT2D eigenvalue weighted by atomic mass is 10.1. The van der Waals surface area contributed by atoms with Crippen LogP contribution < -0.4 is 10.1 Å². The van der Waals surface area contributed by atoms with Crippen LogP contribution in [-0.2, 0) is 0 Å². The highest BCUT2D eigenvalue weighted by atomic mass is 16.5. The van der Waals surface area contributed by atoms with Crippen molar-refractivity contribution in [3.8, 4) is 17.1 Å². The highest BCUT2D eigenvalue weighted by molar-refractivity contribution is 6.11. The number of nitrogens with zero attached hydrogens (tertiary/aromatic N) is 3. The maximum Gasteiger partial charge on any atom is 0.261 e. The van der Waals surface area contributed by atoms with Crippen molar-refractivity contribution < 1.29 is 13.9 Å². The van der Waals surface area contributed by atoms with Crippen molar-refractivity contribution in [2.24, 2.45) is 0 Å². The number of H-pyrrole nitrogens is 1. The molecular formula is C17H13N5O3. The molecule has 0 atom stereocenters. The van der Waals surface area contributed by atoms with Crippen molar-refractivity contribution in [1.29, 1.82) is 0 Å². The maximum absolute atomic E-state index is 12.5. The van der Waals surface area contributed by atoms with Crippen LogP contribution in [0, 0.1) is 0 Å². The van der Waals surface area contributed by atoms with Crippen LogP contribution >= 0.6 is 0 Å². The molecule has 0 bridgehead atoms. The fourth-order valence-electron chi connectivity index (χ4n) is 2.44. The second kappa shape index (κ2) is 6.08. The minimum absolute atomic E-state index is 0.175. The number of aromatic amines is 1. The van der Waals surface area contributed by atoms with Crippen LogP contribution in [0.25, 0.3) is 22.4 Å². The van der Waals surface area contributed by atoms with E-state index in [1.54, 1.807) is 49.8 Å². The Balaban J connectivity index is 1.59. The van der Waals surface area contributed by atoms with Gasteiger partial charge >= 0.3 is 0 Å². The zero-order valence-electron chi connectivity index (χ0n) is 13.2. The molecule has 0 aliphatic rings. The first kappa shape index (κ1) is 14.9. The van der Waals surface area contributed by atoms with E-state index in [-0.39, 0.29) is 11.9 Å². The van der Waals surface area contributed by atoms with Crippen molar-refractivity contribution in [2.45, 2.75) is 0 Å². The number of rotatable bonds is 4. The fourth-order valence-corrected chi connectivity index (χ4v) is 2.44. The monoisotopic (exact) mass is 335 g/mol. The van der Waals surface area contributed by atoms with Crippen LogP contribution in [0.4, 0.5) is 5.95 Å². The third-order valence-electron chi connectivity index (χ3n) is 3.69. The van der Waals surface area contributed by atoms with Gasteiger partial charge in [-0.25, -0.2) is 0 Å². The molecular weight excluding hydrogens is 322 g/mol. The van der Waals surface area contributed by atoms with Crippen molar-refractivity contribution >= 4 is 22.8 Å². The Morgan fingerprint density at radius 1 is 1.24 bits per heavy atom. The molecule has 2 N–H and O–H groups in total. The van der Waals surface area contributed by atoms with Gasteiger partial charge in [0, 0.05) is 23.3 Å². The van der Waals surface area contributed by atoms with Gasteiger partial charge in [0.15, 0.2) is 5.82 Å². The lowest BCUT2D eigenvalue weighted by molar-refractivity contribution is 0.102. The van der Waals surface area contributed by atoms with Crippen LogP contribution in [0.2, 0.25) is 0 Å². The molecule has 8 nitrogen and oxygen atoms in total. The molecule has 0 saturated heterocycles. The molecule has 0 fully saturated rings. The van der Waals surface area contributed by atoms with Crippen LogP contribution in [0.5, 0.6) is 5.75 Å². The highest BCUT2D eigenvalue weighted by Crippen LogP contribution is 2.26. The van der Waals surface area contributed by atoms with Crippen LogP contribution in [0.15, 0.2) is 53.4 Å². The van der Waals surface area contributed by atoms with Gasteiger partial charge in [-0.05, 0) is 30.3 Å². The summed E-state index contributed by atoms with van der Waals surface area (Å²) in [6.45, 7) is 0. The Morgan fingerprint density at radius 2 is 2.08 bits per heavy atom. The second-order valence-electron chi connectivity index (χ2n) is 5.21. The van der Waals surface area contributed by atoms with Gasteiger partial charge < -0.3 is 9.15 Å². The molecule has 0 saturated carbocycles. The summed E-state index contributed by atoms with van der Waals surface area (Å²) in [5.41, 5.74) is 1.80. The lowest BCUT2D eigenvalue weighted by Gasteiger charge is -2.01. The van der Waals surface area contributed by atoms with E-state index in [9.17, 15) is 4.79 Å². The Kier molecular flexibility index (Phi) is 3.62. The summed E-state index contributed by atoms with van der Waals surface area (Å²) in [5.74, 6) is 0.985. The van der Waals surface area contributed by atoms with Gasteiger partial charge in [0.25, 0.3) is 5.91 Å². The number of nitrogens with one attached hydrogen (secondary N) is 2. The molecule has 1 aromatic carbocycles. The molecule has 0 radical (unpaired) electrons. The maximum atomic E-state index is 12.5. The zero-order valence-corrected chi connectivity index (χ0v) is 13.2. The molecule has 124 valence electrons. The van der Waals surface area contributed by atoms with Crippen molar-refractivity contribution in [3.05, 3.63) is 54.6 Å². The van der Waals surface area contributed by atoms with E-state index in [0.717, 1.165) is 5.56 Å². The van der Waals surface area contributed by atoms with Crippen LogP contribution in [0.1, 0.15) is 10.4 Å². The standard InChI is InChI=1S/C17H13N5O3/c1-24-11-2-3-14-12(8-11)13(9-25-14)16(23)20-17-19-15(21-22-17)10-4-6-18-7-5-10/h2-9H,1H3,(H2,19,20,21,22,23). The average molecular weight is 335 g/mol. The van der Waals surface area contributed by atoms with Gasteiger partial charge in [0.1, 0.15) is 17.6 Å². The summed E-state index contributed by atoms with van der Waals surface area (Å²) < 4.78 is 10.6. The molecule has 4 aromatic rings. The van der Waals surface area contributed by atoms with Gasteiger partial charge in [-0.2, -0.15) is 4.98 Å². The number of anilines is 1. The topological polar surface area (TPSA) is 106 Å². The largest absolute Gasteiger partial charge is 0.497 e. The molecule has 0 aliphatic carbocycles. The number of hydrogen-bond acceptors (Lipinski definition) is 6. The Morgan fingerprint density at radius 3 is 2.88 bits per heavy atom. The molecule has 4 rings (SSSR count). The van der Waals surface area contributed by atoms with E-state index < -0.39 is 0 Å². The first-order valence-corrected chi connectivity index (χ1v) is 7.44. The highest BCUT2D eigenvalue weighted by Gasteiger charge is 2.16. The number of aromatic nitrogens is 4. The number of furan rings is 1. The Bertz CT molecular complexity index is 1040. The second-order valence-corrected chi connectivity index (χ2v) is 5.21. The summed E-state index contributed by atoms with van der Waals surface area (Å²) in [7, 11) is 1.56. The van der Waals surface area contributed by atoms with Crippen molar-refractivity contribution in [2.75, 3.05) is 12.4 Å². The number of methoxy groups -OCH3 is 1. The average Bonchev–Trinajstić information content (AvgIpc) is 3.28. The molecule has 3 aromatic heterocycles. The summed E-state index contributed by atoms with van der Waals surface area (Å²) in [6, 6.07) is 8.85. The van der Waals surface area contributed by atoms with Crippen molar-refractivity contribution in [3.63, 3.8) is 0 Å². The summed E-state index contributed by atoms with van der Waals surface area (Å²) in [4.78, 5) is 20.7. The van der Waals surface area contributed by atoms with Gasteiger partial charge in [0.05, 0.1) is 12.7 Å². The van der Waals surface area contributed by atoms with Gasteiger partial charge in [-0.3, -0.25) is 20.2 Å². The Hall–Kier alpha value is -3.68. The fraction of sp³-hybridized carbons (Fsp3) is 0.0588. The number of carbonyl (C=O) groups excluding carboxylic acids is 1. The third kappa shape index (κ3) is 2.80. The van der Waals surface area contributed by atoms with Gasteiger partial charge in [-0.1, -0.05) is 0 Å². The molecule has 0 unspecified atom stereocenters. The first-order valence-electron chi connectivity index (χ1n) is 7.44.